The van der Waals surface area contributed by atoms with Crippen LogP contribution in [0.25, 0.3) is 0 Å². The molecule has 0 aliphatic carbocycles. The largest absolute Gasteiger partial charge is 0.340 e. The predicted octanol–water partition coefficient (Wildman–Crippen LogP) is 2.83. The highest BCUT2D eigenvalue weighted by Crippen LogP contribution is 2.25. The van der Waals surface area contributed by atoms with E-state index in [1.165, 1.54) is 24.0 Å². The van der Waals surface area contributed by atoms with Crippen LogP contribution in [-0.4, -0.2) is 43.5 Å². The number of likely N-dealkylation sites (N-methyl/N-ethyl adjacent to an activating group) is 1. The van der Waals surface area contributed by atoms with Crippen LogP contribution >= 0.6 is 0 Å². The van der Waals surface area contributed by atoms with Gasteiger partial charge in [0.25, 0.3) is 5.91 Å². The van der Waals surface area contributed by atoms with Gasteiger partial charge in [0.1, 0.15) is 0 Å². The van der Waals surface area contributed by atoms with Crippen molar-refractivity contribution in [3.05, 3.63) is 71.3 Å². The lowest BCUT2D eigenvalue weighted by Crippen LogP contribution is -2.41. The molecule has 5 nitrogen and oxygen atoms in total. The van der Waals surface area contributed by atoms with E-state index in [-0.39, 0.29) is 18.0 Å². The van der Waals surface area contributed by atoms with Crippen molar-refractivity contribution in [1.29, 1.82) is 0 Å². The zero-order valence-corrected chi connectivity index (χ0v) is 16.5. The molecule has 2 aromatic rings. The van der Waals surface area contributed by atoms with Gasteiger partial charge in [-0.25, -0.2) is 5.43 Å². The number of rotatable bonds is 5. The molecule has 0 bridgehead atoms. The molecule has 3 atom stereocenters. The molecule has 2 fully saturated rings. The second-order valence-corrected chi connectivity index (χ2v) is 8.04. The zero-order chi connectivity index (χ0) is 19.3. The number of benzene rings is 2. The van der Waals surface area contributed by atoms with Crippen molar-refractivity contribution in [2.45, 2.75) is 37.3 Å². The standard InChI is InChI=1S/C23H30N4O/c1-27(16-21-14-22(26-25-21)17-7-3-2-4-8-17)23(28)19-10-5-9-18(13-19)20-11-6-12-24-15-20/h2-5,7-10,13,20-22,24-26H,6,11-12,14-16H2,1H3. The number of nitrogens with one attached hydrogen (secondary N) is 3. The SMILES string of the molecule is CN(CC1CC(c2ccccc2)NN1)C(=O)c1cccc(C2CCCNC2)c1. The van der Waals surface area contributed by atoms with Gasteiger partial charge in [0.15, 0.2) is 0 Å². The van der Waals surface area contributed by atoms with Crippen molar-refractivity contribution in [2.24, 2.45) is 0 Å². The van der Waals surface area contributed by atoms with E-state index in [2.05, 4.69) is 52.6 Å². The molecule has 148 valence electrons. The number of carbonyl (C=O) groups is 1. The Balaban J connectivity index is 1.36. The minimum Gasteiger partial charge on any atom is -0.340 e. The highest BCUT2D eigenvalue weighted by Gasteiger charge is 2.27. The molecule has 5 heteroatoms. The van der Waals surface area contributed by atoms with Crippen LogP contribution in [0.5, 0.6) is 0 Å². The summed E-state index contributed by atoms with van der Waals surface area (Å²) in [5, 5.41) is 3.46. The van der Waals surface area contributed by atoms with E-state index in [0.29, 0.717) is 12.5 Å². The summed E-state index contributed by atoms with van der Waals surface area (Å²) in [5.41, 5.74) is 10.1. The molecule has 1 amide bonds. The van der Waals surface area contributed by atoms with Crippen molar-refractivity contribution < 1.29 is 4.79 Å². The number of hydrazine groups is 1. The summed E-state index contributed by atoms with van der Waals surface area (Å²) >= 11 is 0. The number of piperidine rings is 1. The van der Waals surface area contributed by atoms with E-state index in [1.807, 2.05) is 30.1 Å². The Hall–Kier alpha value is -2.21. The van der Waals surface area contributed by atoms with Gasteiger partial charge in [-0.15, -0.1) is 0 Å². The molecular formula is C23H30N4O. The summed E-state index contributed by atoms with van der Waals surface area (Å²) in [5.74, 6) is 0.606. The van der Waals surface area contributed by atoms with E-state index < -0.39 is 0 Å². The summed E-state index contributed by atoms with van der Waals surface area (Å²) < 4.78 is 0. The van der Waals surface area contributed by atoms with E-state index in [9.17, 15) is 4.79 Å². The molecule has 0 radical (unpaired) electrons. The van der Waals surface area contributed by atoms with Crippen LogP contribution in [0.2, 0.25) is 0 Å². The molecule has 4 rings (SSSR count). The van der Waals surface area contributed by atoms with Gasteiger partial charge in [-0.1, -0.05) is 42.5 Å². The maximum absolute atomic E-state index is 13.0. The fourth-order valence-electron chi connectivity index (χ4n) is 4.34. The Bertz CT molecular complexity index is 788. The molecule has 2 aliphatic heterocycles. The fourth-order valence-corrected chi connectivity index (χ4v) is 4.34. The monoisotopic (exact) mass is 378 g/mol. The second kappa shape index (κ2) is 8.86. The van der Waals surface area contributed by atoms with E-state index >= 15 is 0 Å². The van der Waals surface area contributed by atoms with Gasteiger partial charge in [0, 0.05) is 37.8 Å². The molecule has 2 aromatic carbocycles. The highest BCUT2D eigenvalue weighted by atomic mass is 16.2. The normalized spacial score (nSPS) is 24.8. The molecule has 0 saturated carbocycles. The summed E-state index contributed by atoms with van der Waals surface area (Å²) in [6.07, 6.45) is 3.36. The quantitative estimate of drug-likeness (QED) is 0.749. The van der Waals surface area contributed by atoms with Crippen LogP contribution in [-0.2, 0) is 0 Å². The first kappa shape index (κ1) is 19.1. The van der Waals surface area contributed by atoms with Crippen molar-refractivity contribution in [1.82, 2.24) is 21.1 Å². The van der Waals surface area contributed by atoms with Crippen molar-refractivity contribution in [2.75, 3.05) is 26.7 Å². The molecule has 3 unspecified atom stereocenters. The molecule has 3 N–H and O–H groups in total. The Morgan fingerprint density at radius 1 is 1.07 bits per heavy atom. The number of carbonyl (C=O) groups excluding carboxylic acids is 1. The highest BCUT2D eigenvalue weighted by molar-refractivity contribution is 5.94. The van der Waals surface area contributed by atoms with Crippen molar-refractivity contribution in [3.63, 3.8) is 0 Å². The van der Waals surface area contributed by atoms with Crippen LogP contribution < -0.4 is 16.2 Å². The molecule has 28 heavy (non-hydrogen) atoms. The van der Waals surface area contributed by atoms with Crippen LogP contribution in [0.1, 0.15) is 52.7 Å². The first-order valence-electron chi connectivity index (χ1n) is 10.3. The average Bonchev–Trinajstić information content (AvgIpc) is 3.23. The summed E-state index contributed by atoms with van der Waals surface area (Å²) in [6, 6.07) is 19.2. The summed E-state index contributed by atoms with van der Waals surface area (Å²) in [7, 11) is 1.90. The molecule has 0 aromatic heterocycles. The fraction of sp³-hybridized carbons (Fsp3) is 0.435. The molecular weight excluding hydrogens is 348 g/mol. The smallest absolute Gasteiger partial charge is 0.253 e. The lowest BCUT2D eigenvalue weighted by atomic mass is 9.90. The van der Waals surface area contributed by atoms with Crippen LogP contribution in [0.4, 0.5) is 0 Å². The van der Waals surface area contributed by atoms with Gasteiger partial charge in [-0.2, -0.15) is 0 Å². The lowest BCUT2D eigenvalue weighted by molar-refractivity contribution is 0.0782. The summed E-state index contributed by atoms with van der Waals surface area (Å²) in [6.45, 7) is 2.79. The molecule has 2 heterocycles. The van der Waals surface area contributed by atoms with Gasteiger partial charge in [0.05, 0.1) is 0 Å². The van der Waals surface area contributed by atoms with E-state index in [1.54, 1.807) is 0 Å². The minimum atomic E-state index is 0.0931. The first-order valence-corrected chi connectivity index (χ1v) is 10.3. The minimum absolute atomic E-state index is 0.0931. The lowest BCUT2D eigenvalue weighted by Gasteiger charge is -2.24. The van der Waals surface area contributed by atoms with E-state index in [4.69, 9.17) is 0 Å². The number of amides is 1. The number of nitrogens with zero attached hydrogens (tertiary/aromatic N) is 1. The Kier molecular flexibility index (Phi) is 6.05. The van der Waals surface area contributed by atoms with Gasteiger partial charge >= 0.3 is 0 Å². The number of hydrogen-bond acceptors (Lipinski definition) is 4. The molecule has 2 saturated heterocycles. The maximum Gasteiger partial charge on any atom is 0.253 e. The maximum atomic E-state index is 13.0. The first-order chi connectivity index (χ1) is 13.7. The van der Waals surface area contributed by atoms with Crippen LogP contribution in [0, 0.1) is 0 Å². The van der Waals surface area contributed by atoms with Crippen molar-refractivity contribution in [3.8, 4) is 0 Å². The number of hydrogen-bond donors (Lipinski definition) is 3. The Labute approximate surface area is 167 Å². The second-order valence-electron chi connectivity index (χ2n) is 8.04. The predicted molar refractivity (Wildman–Crippen MR) is 112 cm³/mol. The van der Waals surface area contributed by atoms with Crippen molar-refractivity contribution >= 4 is 5.91 Å². The molecule has 2 aliphatic rings. The average molecular weight is 379 g/mol. The third-order valence-electron chi connectivity index (χ3n) is 5.93. The van der Waals surface area contributed by atoms with Gasteiger partial charge in [0.2, 0.25) is 0 Å². The Morgan fingerprint density at radius 3 is 2.68 bits per heavy atom. The Morgan fingerprint density at radius 2 is 1.89 bits per heavy atom. The van der Waals surface area contributed by atoms with Gasteiger partial charge < -0.3 is 10.2 Å². The molecule has 0 spiro atoms. The van der Waals surface area contributed by atoms with Crippen LogP contribution in [0.3, 0.4) is 0 Å². The van der Waals surface area contributed by atoms with E-state index in [0.717, 1.165) is 25.1 Å². The van der Waals surface area contributed by atoms with Gasteiger partial charge in [-0.3, -0.25) is 10.2 Å². The van der Waals surface area contributed by atoms with Gasteiger partial charge in [-0.05, 0) is 55.0 Å². The zero-order valence-electron chi connectivity index (χ0n) is 16.5. The third-order valence-corrected chi connectivity index (χ3v) is 5.93. The van der Waals surface area contributed by atoms with Crippen LogP contribution in [0.15, 0.2) is 54.6 Å². The third kappa shape index (κ3) is 4.43. The summed E-state index contributed by atoms with van der Waals surface area (Å²) in [4.78, 5) is 14.8. The topological polar surface area (TPSA) is 56.4 Å².